The van der Waals surface area contributed by atoms with E-state index >= 15 is 0 Å². The molecule has 19 heavy (non-hydrogen) atoms. The molecule has 0 aliphatic rings. The fraction of sp³-hybridized carbons (Fsp3) is 0.500. The lowest BCUT2D eigenvalue weighted by Gasteiger charge is -2.13. The molecule has 1 aromatic rings. The Bertz CT molecular complexity index is 387. The minimum absolute atomic E-state index is 0.0758. The van der Waals surface area contributed by atoms with E-state index in [-0.39, 0.29) is 6.03 Å². The van der Waals surface area contributed by atoms with Crippen LogP contribution in [0.2, 0.25) is 0 Å². The minimum Gasteiger partial charge on any atom is -0.384 e. The van der Waals surface area contributed by atoms with E-state index in [4.69, 9.17) is 0 Å². The molecule has 0 fully saturated rings. The SMILES string of the molecule is CN(C)CCNc1ccc(CNC(=O)N(C)C)cc1. The quantitative estimate of drug-likeness (QED) is 0.817. The second-order valence-corrected chi connectivity index (χ2v) is 4.98. The average molecular weight is 264 g/mol. The van der Waals surface area contributed by atoms with Crippen molar-refractivity contribution in [2.45, 2.75) is 6.54 Å². The molecule has 0 aliphatic heterocycles. The Balaban J connectivity index is 2.37. The number of hydrogen-bond acceptors (Lipinski definition) is 3. The molecule has 0 spiro atoms. The predicted molar refractivity (Wildman–Crippen MR) is 79.4 cm³/mol. The summed E-state index contributed by atoms with van der Waals surface area (Å²) >= 11 is 0. The van der Waals surface area contributed by atoms with Crippen molar-refractivity contribution in [2.75, 3.05) is 46.6 Å². The molecule has 1 rings (SSSR count). The van der Waals surface area contributed by atoms with Crippen LogP contribution in [0.5, 0.6) is 0 Å². The molecule has 5 heteroatoms. The van der Waals surface area contributed by atoms with Gasteiger partial charge in [0, 0.05) is 39.4 Å². The van der Waals surface area contributed by atoms with Crippen molar-refractivity contribution in [1.29, 1.82) is 0 Å². The fourth-order valence-electron chi connectivity index (χ4n) is 1.50. The summed E-state index contributed by atoms with van der Waals surface area (Å²) in [5, 5.41) is 6.18. The van der Waals surface area contributed by atoms with Gasteiger partial charge in [-0.05, 0) is 31.8 Å². The summed E-state index contributed by atoms with van der Waals surface area (Å²) in [6.45, 7) is 2.47. The topological polar surface area (TPSA) is 47.6 Å². The zero-order valence-electron chi connectivity index (χ0n) is 12.2. The van der Waals surface area contributed by atoms with Gasteiger partial charge in [-0.1, -0.05) is 12.1 Å². The number of nitrogens with zero attached hydrogens (tertiary/aromatic N) is 2. The van der Waals surface area contributed by atoms with Gasteiger partial charge in [0.15, 0.2) is 0 Å². The highest BCUT2D eigenvalue weighted by Gasteiger charge is 2.02. The summed E-state index contributed by atoms with van der Waals surface area (Å²) in [5.41, 5.74) is 2.19. The Labute approximate surface area is 115 Å². The monoisotopic (exact) mass is 264 g/mol. The molecule has 1 aromatic carbocycles. The summed E-state index contributed by atoms with van der Waals surface area (Å²) in [4.78, 5) is 15.0. The van der Waals surface area contributed by atoms with Gasteiger partial charge < -0.3 is 20.4 Å². The standard InChI is InChI=1S/C14H24N4O/c1-17(2)10-9-15-13-7-5-12(6-8-13)11-16-14(19)18(3)4/h5-8,15H,9-11H2,1-4H3,(H,16,19). The first kappa shape index (κ1) is 15.3. The Hall–Kier alpha value is -1.75. The molecule has 0 aliphatic carbocycles. The van der Waals surface area contributed by atoms with Gasteiger partial charge in [0.05, 0.1) is 0 Å². The van der Waals surface area contributed by atoms with Gasteiger partial charge in [-0.15, -0.1) is 0 Å². The van der Waals surface area contributed by atoms with Gasteiger partial charge in [-0.3, -0.25) is 0 Å². The lowest BCUT2D eigenvalue weighted by Crippen LogP contribution is -2.33. The maximum absolute atomic E-state index is 11.4. The lowest BCUT2D eigenvalue weighted by molar-refractivity contribution is 0.217. The van der Waals surface area contributed by atoms with Crippen molar-refractivity contribution >= 4 is 11.7 Å². The maximum Gasteiger partial charge on any atom is 0.317 e. The molecule has 0 bridgehead atoms. The smallest absolute Gasteiger partial charge is 0.317 e. The second-order valence-electron chi connectivity index (χ2n) is 4.98. The first-order chi connectivity index (χ1) is 8.99. The predicted octanol–water partition coefficient (Wildman–Crippen LogP) is 1.43. The van der Waals surface area contributed by atoms with Gasteiger partial charge in [0.2, 0.25) is 0 Å². The third-order valence-corrected chi connectivity index (χ3v) is 2.69. The van der Waals surface area contributed by atoms with Gasteiger partial charge in [-0.25, -0.2) is 4.79 Å². The van der Waals surface area contributed by atoms with Crippen LogP contribution < -0.4 is 10.6 Å². The summed E-state index contributed by atoms with van der Waals surface area (Å²) < 4.78 is 0. The molecule has 0 saturated carbocycles. The van der Waals surface area contributed by atoms with Crippen LogP contribution >= 0.6 is 0 Å². The second kappa shape index (κ2) is 7.63. The highest BCUT2D eigenvalue weighted by Crippen LogP contribution is 2.09. The Morgan fingerprint density at radius 1 is 1.11 bits per heavy atom. The Morgan fingerprint density at radius 3 is 2.26 bits per heavy atom. The van der Waals surface area contributed by atoms with Gasteiger partial charge >= 0.3 is 6.03 Å². The molecule has 0 heterocycles. The van der Waals surface area contributed by atoms with Crippen LogP contribution in [-0.2, 0) is 6.54 Å². The Kier molecular flexibility index (Phi) is 6.15. The van der Waals surface area contributed by atoms with Crippen LogP contribution in [0.15, 0.2) is 24.3 Å². The number of anilines is 1. The highest BCUT2D eigenvalue weighted by atomic mass is 16.2. The first-order valence-electron chi connectivity index (χ1n) is 6.41. The van der Waals surface area contributed by atoms with Crippen LogP contribution in [0.1, 0.15) is 5.56 Å². The fourth-order valence-corrected chi connectivity index (χ4v) is 1.50. The van der Waals surface area contributed by atoms with Crippen molar-refractivity contribution in [3.05, 3.63) is 29.8 Å². The normalized spacial score (nSPS) is 10.4. The van der Waals surface area contributed by atoms with Crippen molar-refractivity contribution in [3.8, 4) is 0 Å². The van der Waals surface area contributed by atoms with Crippen molar-refractivity contribution in [2.24, 2.45) is 0 Å². The first-order valence-corrected chi connectivity index (χ1v) is 6.41. The summed E-state index contributed by atoms with van der Waals surface area (Å²) in [5.74, 6) is 0. The number of nitrogens with one attached hydrogen (secondary N) is 2. The van der Waals surface area contributed by atoms with Crippen LogP contribution in [-0.4, -0.2) is 57.1 Å². The number of hydrogen-bond donors (Lipinski definition) is 2. The molecule has 2 N–H and O–H groups in total. The molecule has 0 atom stereocenters. The zero-order chi connectivity index (χ0) is 14.3. The summed E-state index contributed by atoms with van der Waals surface area (Å²) in [7, 11) is 7.57. The van der Waals surface area contributed by atoms with Crippen LogP contribution in [0, 0.1) is 0 Å². The van der Waals surface area contributed by atoms with E-state index < -0.39 is 0 Å². The molecular formula is C14H24N4O. The minimum atomic E-state index is -0.0758. The molecule has 0 aromatic heterocycles. The lowest BCUT2D eigenvalue weighted by atomic mass is 10.2. The van der Waals surface area contributed by atoms with E-state index in [1.807, 2.05) is 24.3 Å². The summed E-state index contributed by atoms with van der Waals surface area (Å²) in [6, 6.07) is 8.04. The highest BCUT2D eigenvalue weighted by molar-refractivity contribution is 5.73. The van der Waals surface area contributed by atoms with Crippen molar-refractivity contribution < 1.29 is 4.79 Å². The van der Waals surface area contributed by atoms with E-state index in [1.165, 1.54) is 4.90 Å². The van der Waals surface area contributed by atoms with E-state index in [9.17, 15) is 4.79 Å². The largest absolute Gasteiger partial charge is 0.384 e. The van der Waals surface area contributed by atoms with Crippen molar-refractivity contribution in [1.82, 2.24) is 15.1 Å². The number of amides is 2. The van der Waals surface area contributed by atoms with Crippen LogP contribution in [0.3, 0.4) is 0 Å². The average Bonchev–Trinajstić information content (AvgIpc) is 2.37. The number of benzene rings is 1. The number of rotatable bonds is 6. The molecule has 2 amide bonds. The van der Waals surface area contributed by atoms with Crippen molar-refractivity contribution in [3.63, 3.8) is 0 Å². The maximum atomic E-state index is 11.4. The third-order valence-electron chi connectivity index (χ3n) is 2.69. The van der Waals surface area contributed by atoms with E-state index in [1.54, 1.807) is 14.1 Å². The zero-order valence-corrected chi connectivity index (χ0v) is 12.2. The molecular weight excluding hydrogens is 240 g/mol. The number of carbonyl (C=O) groups is 1. The molecule has 0 radical (unpaired) electrons. The molecule has 0 saturated heterocycles. The van der Waals surface area contributed by atoms with Gasteiger partial charge in [-0.2, -0.15) is 0 Å². The number of urea groups is 1. The number of carbonyl (C=O) groups excluding carboxylic acids is 1. The van der Waals surface area contributed by atoms with Crippen LogP contribution in [0.4, 0.5) is 10.5 Å². The van der Waals surface area contributed by atoms with E-state index in [2.05, 4.69) is 29.6 Å². The summed E-state index contributed by atoms with van der Waals surface area (Å²) in [6.07, 6.45) is 0. The Morgan fingerprint density at radius 2 is 1.74 bits per heavy atom. The van der Waals surface area contributed by atoms with E-state index in [0.717, 1.165) is 24.3 Å². The molecule has 5 nitrogen and oxygen atoms in total. The van der Waals surface area contributed by atoms with Gasteiger partial charge in [0.25, 0.3) is 0 Å². The van der Waals surface area contributed by atoms with Gasteiger partial charge in [0.1, 0.15) is 0 Å². The molecule has 106 valence electrons. The van der Waals surface area contributed by atoms with Crippen LogP contribution in [0.25, 0.3) is 0 Å². The molecule has 0 unspecified atom stereocenters. The number of likely N-dealkylation sites (N-methyl/N-ethyl adjacent to an activating group) is 1. The third kappa shape index (κ3) is 6.10. The van der Waals surface area contributed by atoms with E-state index in [0.29, 0.717) is 6.54 Å².